The number of likely N-dealkylation sites (tertiary alicyclic amines) is 1. The zero-order valence-corrected chi connectivity index (χ0v) is 13.2. The molecule has 1 N–H and O–H groups in total. The molecule has 5 nitrogen and oxygen atoms in total. The largest absolute Gasteiger partial charge is 0.481 e. The van der Waals surface area contributed by atoms with Crippen molar-refractivity contribution in [2.75, 3.05) is 5.75 Å². The highest BCUT2D eigenvalue weighted by Crippen LogP contribution is 2.32. The van der Waals surface area contributed by atoms with Crippen LogP contribution in [0.4, 0.5) is 0 Å². The number of carbonyl (C=O) groups excluding carboxylic acids is 2. The highest BCUT2D eigenvalue weighted by atomic mass is 32.2. The molecule has 0 aromatic rings. The average molecular weight is 313 g/mol. The van der Waals surface area contributed by atoms with Crippen LogP contribution < -0.4 is 0 Å². The number of hydrogen-bond donors (Lipinski definition) is 1. The lowest BCUT2D eigenvalue weighted by molar-refractivity contribution is -0.142. The van der Waals surface area contributed by atoms with Crippen LogP contribution >= 0.6 is 11.8 Å². The van der Waals surface area contributed by atoms with Gasteiger partial charge in [0.25, 0.3) is 0 Å². The predicted molar refractivity (Wildman–Crippen MR) is 81.0 cm³/mol. The van der Waals surface area contributed by atoms with E-state index in [0.29, 0.717) is 5.75 Å². The van der Waals surface area contributed by atoms with E-state index < -0.39 is 11.9 Å². The van der Waals surface area contributed by atoms with Crippen molar-refractivity contribution >= 4 is 29.5 Å². The molecule has 0 bridgehead atoms. The van der Waals surface area contributed by atoms with Gasteiger partial charge in [-0.1, -0.05) is 32.6 Å². The van der Waals surface area contributed by atoms with Crippen LogP contribution in [0.1, 0.15) is 51.9 Å². The van der Waals surface area contributed by atoms with Gasteiger partial charge in [-0.25, -0.2) is 0 Å². The molecule has 118 valence electrons. The van der Waals surface area contributed by atoms with Crippen molar-refractivity contribution in [3.8, 4) is 0 Å². The topological polar surface area (TPSA) is 74.7 Å². The standard InChI is InChI=1S/C15H23NO4S/c1-10(15(19)20)9-21-12-8-13(17)16(14(12)18)11-6-4-2-3-5-7-11/h10-12H,2-9H2,1H3,(H,19,20). The third-order valence-corrected chi connectivity index (χ3v) is 5.76. The maximum absolute atomic E-state index is 12.4. The number of carboxylic acid groups (broad SMARTS) is 1. The molecule has 1 saturated carbocycles. The zero-order valence-electron chi connectivity index (χ0n) is 12.4. The molecule has 2 rings (SSSR count). The molecule has 1 aliphatic carbocycles. The Hall–Kier alpha value is -1.04. The summed E-state index contributed by atoms with van der Waals surface area (Å²) >= 11 is 1.31. The van der Waals surface area contributed by atoms with Crippen LogP contribution in [0.2, 0.25) is 0 Å². The predicted octanol–water partition coefficient (Wildman–Crippen LogP) is 2.29. The second-order valence-electron chi connectivity index (χ2n) is 6.01. The first-order valence-corrected chi connectivity index (χ1v) is 8.76. The van der Waals surface area contributed by atoms with Crippen LogP contribution in [-0.2, 0) is 14.4 Å². The Labute approximate surface area is 129 Å². The first-order valence-electron chi connectivity index (χ1n) is 7.71. The number of hydrogen-bond acceptors (Lipinski definition) is 4. The molecule has 2 atom stereocenters. The number of carboxylic acids is 1. The molecule has 2 unspecified atom stereocenters. The van der Waals surface area contributed by atoms with Crippen molar-refractivity contribution in [3.05, 3.63) is 0 Å². The van der Waals surface area contributed by atoms with Gasteiger partial charge in [-0.05, 0) is 12.8 Å². The zero-order chi connectivity index (χ0) is 15.4. The van der Waals surface area contributed by atoms with Gasteiger partial charge < -0.3 is 5.11 Å². The minimum absolute atomic E-state index is 0.0648. The molecule has 1 heterocycles. The third-order valence-electron chi connectivity index (χ3n) is 4.30. The molecule has 1 saturated heterocycles. The Morgan fingerprint density at radius 1 is 1.29 bits per heavy atom. The monoisotopic (exact) mass is 313 g/mol. The van der Waals surface area contributed by atoms with E-state index in [-0.39, 0.29) is 29.5 Å². The lowest BCUT2D eigenvalue weighted by atomic mass is 10.1. The Morgan fingerprint density at radius 2 is 1.90 bits per heavy atom. The van der Waals surface area contributed by atoms with Crippen molar-refractivity contribution < 1.29 is 19.5 Å². The molecule has 0 spiro atoms. The summed E-state index contributed by atoms with van der Waals surface area (Å²) in [6.45, 7) is 1.62. The maximum Gasteiger partial charge on any atom is 0.307 e. The fourth-order valence-electron chi connectivity index (χ4n) is 2.98. The van der Waals surface area contributed by atoms with Crippen LogP contribution in [0.15, 0.2) is 0 Å². The van der Waals surface area contributed by atoms with Gasteiger partial charge in [0.15, 0.2) is 0 Å². The quantitative estimate of drug-likeness (QED) is 0.622. The SMILES string of the molecule is CC(CSC1CC(=O)N(C2CCCCCC2)C1=O)C(=O)O. The highest BCUT2D eigenvalue weighted by molar-refractivity contribution is 8.00. The molecular weight excluding hydrogens is 290 g/mol. The smallest absolute Gasteiger partial charge is 0.307 e. The van der Waals surface area contributed by atoms with Crippen LogP contribution in [0.3, 0.4) is 0 Å². The van der Waals surface area contributed by atoms with Gasteiger partial charge in [0.2, 0.25) is 11.8 Å². The fraction of sp³-hybridized carbons (Fsp3) is 0.800. The number of amides is 2. The van der Waals surface area contributed by atoms with Gasteiger partial charge in [-0.15, -0.1) is 11.8 Å². The summed E-state index contributed by atoms with van der Waals surface area (Å²) in [5.74, 6) is -1.16. The van der Waals surface area contributed by atoms with Crippen molar-refractivity contribution in [2.24, 2.45) is 5.92 Å². The molecular formula is C15H23NO4S. The lowest BCUT2D eigenvalue weighted by Crippen LogP contribution is -2.40. The van der Waals surface area contributed by atoms with Gasteiger partial charge in [0.05, 0.1) is 11.2 Å². The van der Waals surface area contributed by atoms with Gasteiger partial charge >= 0.3 is 5.97 Å². The van der Waals surface area contributed by atoms with E-state index in [1.807, 2.05) is 0 Å². The molecule has 6 heteroatoms. The van der Waals surface area contributed by atoms with E-state index in [1.165, 1.54) is 29.5 Å². The number of thioether (sulfide) groups is 1. The van der Waals surface area contributed by atoms with E-state index in [2.05, 4.69) is 0 Å². The molecule has 2 fully saturated rings. The van der Waals surface area contributed by atoms with Gasteiger partial charge in [-0.3, -0.25) is 19.3 Å². The number of imide groups is 1. The van der Waals surface area contributed by atoms with Gasteiger partial charge in [0, 0.05) is 18.2 Å². The summed E-state index contributed by atoms with van der Waals surface area (Å²) in [5, 5.41) is 8.50. The summed E-state index contributed by atoms with van der Waals surface area (Å²) in [7, 11) is 0. The third kappa shape index (κ3) is 3.99. The molecule has 0 aromatic carbocycles. The van der Waals surface area contributed by atoms with Crippen LogP contribution in [0.5, 0.6) is 0 Å². The maximum atomic E-state index is 12.4. The first-order chi connectivity index (χ1) is 10.0. The summed E-state index contributed by atoms with van der Waals surface area (Å²) < 4.78 is 0. The number of rotatable bonds is 5. The Kier molecular flexibility index (Phi) is 5.67. The van der Waals surface area contributed by atoms with Crippen molar-refractivity contribution in [1.82, 2.24) is 4.90 Å². The Balaban J connectivity index is 1.94. The van der Waals surface area contributed by atoms with Gasteiger partial charge in [0.1, 0.15) is 0 Å². The molecule has 1 aliphatic heterocycles. The van der Waals surface area contributed by atoms with Crippen LogP contribution in [0.25, 0.3) is 0 Å². The van der Waals surface area contributed by atoms with E-state index in [0.717, 1.165) is 25.7 Å². The van der Waals surface area contributed by atoms with Crippen molar-refractivity contribution in [1.29, 1.82) is 0 Å². The molecule has 0 aromatic heterocycles. The van der Waals surface area contributed by atoms with Crippen LogP contribution in [0, 0.1) is 5.92 Å². The average Bonchev–Trinajstić information content (AvgIpc) is 2.63. The van der Waals surface area contributed by atoms with Crippen LogP contribution in [-0.4, -0.2) is 44.8 Å². The first kappa shape index (κ1) is 16.3. The second kappa shape index (κ2) is 7.29. The Morgan fingerprint density at radius 3 is 2.48 bits per heavy atom. The van der Waals surface area contributed by atoms with Crippen molar-refractivity contribution in [2.45, 2.75) is 63.2 Å². The van der Waals surface area contributed by atoms with E-state index in [9.17, 15) is 14.4 Å². The molecule has 2 aliphatic rings. The number of aliphatic carboxylic acids is 1. The normalized spacial score (nSPS) is 26.0. The number of carbonyl (C=O) groups is 3. The van der Waals surface area contributed by atoms with E-state index in [1.54, 1.807) is 6.92 Å². The summed E-state index contributed by atoms with van der Waals surface area (Å²) in [6.07, 6.45) is 6.58. The second-order valence-corrected chi connectivity index (χ2v) is 7.25. The minimum atomic E-state index is -0.861. The van der Waals surface area contributed by atoms with E-state index >= 15 is 0 Å². The van der Waals surface area contributed by atoms with E-state index in [4.69, 9.17) is 5.11 Å². The van der Waals surface area contributed by atoms with Crippen molar-refractivity contribution in [3.63, 3.8) is 0 Å². The summed E-state index contributed by atoms with van der Waals surface area (Å²) in [5.41, 5.74) is 0. The fourth-order valence-corrected chi connectivity index (χ4v) is 4.16. The minimum Gasteiger partial charge on any atom is -0.481 e. The van der Waals surface area contributed by atoms with Gasteiger partial charge in [-0.2, -0.15) is 0 Å². The Bertz CT molecular complexity index is 418. The lowest BCUT2D eigenvalue weighted by Gasteiger charge is -2.25. The molecule has 21 heavy (non-hydrogen) atoms. The summed E-state index contributed by atoms with van der Waals surface area (Å²) in [6, 6.07) is 0.0648. The highest BCUT2D eigenvalue weighted by Gasteiger charge is 2.42. The molecule has 2 amide bonds. The number of nitrogens with zero attached hydrogens (tertiary/aromatic N) is 1. The molecule has 0 radical (unpaired) electrons. The summed E-state index contributed by atoms with van der Waals surface area (Å²) in [4.78, 5) is 36.9.